The molecular weight excluding hydrogens is 250 g/mol. The zero-order valence-corrected chi connectivity index (χ0v) is 11.1. The van der Waals surface area contributed by atoms with E-state index in [1.54, 1.807) is 0 Å². The number of aromatic nitrogens is 3. The molecule has 0 saturated heterocycles. The number of nitrogen functional groups attached to an aromatic ring is 1. The molecule has 1 aromatic heterocycles. The van der Waals surface area contributed by atoms with Crippen LogP contribution in [0, 0.1) is 0 Å². The highest BCUT2D eigenvalue weighted by Gasteiger charge is 2.06. The molecule has 1 rings (SSSR count). The average molecular weight is 269 g/mol. The summed E-state index contributed by atoms with van der Waals surface area (Å²) in [6.45, 7) is 3.09. The maximum Gasteiger partial charge on any atom is 0.322 e. The molecule has 0 atom stereocenters. The fourth-order valence-corrected chi connectivity index (χ4v) is 1.23. The van der Waals surface area contributed by atoms with E-state index in [1.165, 1.54) is 7.11 Å². The van der Waals surface area contributed by atoms with Gasteiger partial charge < -0.3 is 15.4 Å². The van der Waals surface area contributed by atoms with Crippen molar-refractivity contribution in [2.24, 2.45) is 5.84 Å². The van der Waals surface area contributed by atoms with Gasteiger partial charge in [0.05, 0.1) is 7.11 Å². The van der Waals surface area contributed by atoms with Crippen molar-refractivity contribution < 1.29 is 9.53 Å². The third kappa shape index (κ3) is 5.34. The SMILES string of the molecule is CCCNC(=O)CCNc1nc(NN)nc(OC)n1. The molecule has 0 aliphatic heterocycles. The standard InChI is InChI=1S/C10H19N7O2/c1-3-5-12-7(18)4-6-13-8-14-9(17-11)16-10(15-8)19-2/h3-6,11H2,1-2H3,(H,12,18)(H2,13,14,15,16,17). The summed E-state index contributed by atoms with van der Waals surface area (Å²) in [5.41, 5.74) is 2.31. The van der Waals surface area contributed by atoms with Crippen LogP contribution in [0.5, 0.6) is 6.01 Å². The lowest BCUT2D eigenvalue weighted by molar-refractivity contribution is -0.120. The molecule has 0 radical (unpaired) electrons. The molecule has 5 N–H and O–H groups in total. The number of hydrazine groups is 1. The van der Waals surface area contributed by atoms with Gasteiger partial charge in [-0.15, -0.1) is 0 Å². The van der Waals surface area contributed by atoms with Crippen LogP contribution in [0.1, 0.15) is 19.8 Å². The summed E-state index contributed by atoms with van der Waals surface area (Å²) in [5.74, 6) is 5.68. The Balaban J connectivity index is 2.46. The molecule has 9 nitrogen and oxygen atoms in total. The summed E-state index contributed by atoms with van der Waals surface area (Å²) in [7, 11) is 1.44. The molecule has 1 amide bonds. The summed E-state index contributed by atoms with van der Waals surface area (Å²) in [6, 6.07) is 0.140. The number of nitrogens with two attached hydrogens (primary N) is 1. The minimum Gasteiger partial charge on any atom is -0.467 e. The molecule has 1 aromatic rings. The Kier molecular flexibility index (Phi) is 6.30. The summed E-state index contributed by atoms with van der Waals surface area (Å²) in [5, 5.41) is 5.68. The maximum absolute atomic E-state index is 11.4. The Hall–Kier alpha value is -2.16. The van der Waals surface area contributed by atoms with Gasteiger partial charge in [0, 0.05) is 19.5 Å². The summed E-state index contributed by atoms with van der Waals surface area (Å²) >= 11 is 0. The predicted molar refractivity (Wildman–Crippen MR) is 70.6 cm³/mol. The van der Waals surface area contributed by atoms with Crippen molar-refractivity contribution >= 4 is 17.8 Å². The Bertz CT molecular complexity index is 391. The van der Waals surface area contributed by atoms with Crippen molar-refractivity contribution in [3.8, 4) is 6.01 Å². The van der Waals surface area contributed by atoms with Crippen molar-refractivity contribution in [2.45, 2.75) is 19.8 Å². The van der Waals surface area contributed by atoms with Gasteiger partial charge in [-0.3, -0.25) is 10.2 Å². The number of hydrogen-bond donors (Lipinski definition) is 4. The number of amides is 1. The highest BCUT2D eigenvalue weighted by Crippen LogP contribution is 2.09. The van der Waals surface area contributed by atoms with Crippen molar-refractivity contribution in [3.05, 3.63) is 0 Å². The van der Waals surface area contributed by atoms with Crippen LogP contribution in [-0.4, -0.2) is 41.1 Å². The monoisotopic (exact) mass is 269 g/mol. The van der Waals surface area contributed by atoms with Crippen LogP contribution in [0.4, 0.5) is 11.9 Å². The van der Waals surface area contributed by atoms with Crippen molar-refractivity contribution in [1.82, 2.24) is 20.3 Å². The van der Waals surface area contributed by atoms with Gasteiger partial charge in [-0.25, -0.2) is 5.84 Å². The molecule has 0 bridgehead atoms. The van der Waals surface area contributed by atoms with E-state index in [9.17, 15) is 4.79 Å². The minimum absolute atomic E-state index is 0.0208. The maximum atomic E-state index is 11.4. The first kappa shape index (κ1) is 14.9. The Morgan fingerprint density at radius 2 is 2.00 bits per heavy atom. The third-order valence-corrected chi connectivity index (χ3v) is 2.13. The number of carbonyl (C=O) groups excluding carboxylic acids is 1. The molecule has 0 unspecified atom stereocenters. The van der Waals surface area contributed by atoms with Crippen LogP contribution < -0.4 is 26.6 Å². The predicted octanol–water partition coefficient (Wildman–Crippen LogP) is -0.506. The van der Waals surface area contributed by atoms with E-state index < -0.39 is 0 Å². The van der Waals surface area contributed by atoms with Gasteiger partial charge in [0.2, 0.25) is 17.8 Å². The molecule has 106 valence electrons. The number of ether oxygens (including phenoxy) is 1. The van der Waals surface area contributed by atoms with E-state index in [1.807, 2.05) is 6.92 Å². The molecular formula is C10H19N7O2. The van der Waals surface area contributed by atoms with Gasteiger partial charge in [0.1, 0.15) is 0 Å². The topological polar surface area (TPSA) is 127 Å². The van der Waals surface area contributed by atoms with Crippen LogP contribution in [0.25, 0.3) is 0 Å². The second kappa shape index (κ2) is 8.03. The molecule has 9 heteroatoms. The summed E-state index contributed by atoms with van der Waals surface area (Å²) < 4.78 is 4.90. The number of methoxy groups -OCH3 is 1. The first-order valence-corrected chi connectivity index (χ1v) is 5.96. The first-order chi connectivity index (χ1) is 9.19. The summed E-state index contributed by atoms with van der Waals surface area (Å²) in [4.78, 5) is 23.2. The number of anilines is 2. The van der Waals surface area contributed by atoms with E-state index in [4.69, 9.17) is 10.6 Å². The Morgan fingerprint density at radius 1 is 1.26 bits per heavy atom. The number of nitrogens with zero attached hydrogens (tertiary/aromatic N) is 3. The van der Waals surface area contributed by atoms with E-state index in [0.29, 0.717) is 25.5 Å². The van der Waals surface area contributed by atoms with Gasteiger partial charge in [-0.2, -0.15) is 15.0 Å². The highest BCUT2D eigenvalue weighted by atomic mass is 16.5. The molecule has 0 aromatic carbocycles. The lowest BCUT2D eigenvalue weighted by Gasteiger charge is -2.07. The highest BCUT2D eigenvalue weighted by molar-refractivity contribution is 5.76. The zero-order chi connectivity index (χ0) is 14.1. The minimum atomic E-state index is -0.0208. The first-order valence-electron chi connectivity index (χ1n) is 5.96. The fraction of sp³-hybridized carbons (Fsp3) is 0.600. The lowest BCUT2D eigenvalue weighted by atomic mass is 10.4. The van der Waals surface area contributed by atoms with Gasteiger partial charge in [-0.05, 0) is 6.42 Å². The quantitative estimate of drug-likeness (QED) is 0.367. The summed E-state index contributed by atoms with van der Waals surface area (Å²) in [6.07, 6.45) is 1.24. The lowest BCUT2D eigenvalue weighted by Crippen LogP contribution is -2.26. The van der Waals surface area contributed by atoms with Crippen LogP contribution in [0.3, 0.4) is 0 Å². The third-order valence-electron chi connectivity index (χ3n) is 2.13. The van der Waals surface area contributed by atoms with Crippen LogP contribution in [-0.2, 0) is 4.79 Å². The van der Waals surface area contributed by atoms with Crippen molar-refractivity contribution in [1.29, 1.82) is 0 Å². The normalized spacial score (nSPS) is 9.84. The van der Waals surface area contributed by atoms with Crippen molar-refractivity contribution in [2.75, 3.05) is 30.9 Å². The second-order valence-electron chi connectivity index (χ2n) is 3.64. The largest absolute Gasteiger partial charge is 0.467 e. The molecule has 0 saturated carbocycles. The van der Waals surface area contributed by atoms with Gasteiger partial charge in [-0.1, -0.05) is 6.92 Å². The molecule has 0 fully saturated rings. The molecule has 1 heterocycles. The van der Waals surface area contributed by atoms with E-state index in [-0.39, 0.29) is 17.9 Å². The van der Waals surface area contributed by atoms with E-state index in [0.717, 1.165) is 6.42 Å². The van der Waals surface area contributed by atoms with E-state index in [2.05, 4.69) is 31.0 Å². The van der Waals surface area contributed by atoms with E-state index >= 15 is 0 Å². The Morgan fingerprint density at radius 3 is 2.63 bits per heavy atom. The van der Waals surface area contributed by atoms with Crippen LogP contribution >= 0.6 is 0 Å². The molecule has 0 aliphatic rings. The Labute approximate surface area is 111 Å². The molecule has 0 spiro atoms. The van der Waals surface area contributed by atoms with Crippen molar-refractivity contribution in [3.63, 3.8) is 0 Å². The molecule has 19 heavy (non-hydrogen) atoms. The van der Waals surface area contributed by atoms with Gasteiger partial charge in [0.15, 0.2) is 0 Å². The van der Waals surface area contributed by atoms with Crippen LogP contribution in [0.15, 0.2) is 0 Å². The van der Waals surface area contributed by atoms with Gasteiger partial charge >= 0.3 is 6.01 Å². The zero-order valence-electron chi connectivity index (χ0n) is 11.1. The smallest absolute Gasteiger partial charge is 0.322 e. The average Bonchev–Trinajstić information content (AvgIpc) is 2.44. The number of rotatable bonds is 8. The number of nitrogens with one attached hydrogen (secondary N) is 3. The second-order valence-corrected chi connectivity index (χ2v) is 3.64. The molecule has 0 aliphatic carbocycles. The van der Waals surface area contributed by atoms with Crippen LogP contribution in [0.2, 0.25) is 0 Å². The number of hydrogen-bond acceptors (Lipinski definition) is 8. The van der Waals surface area contributed by atoms with Gasteiger partial charge in [0.25, 0.3) is 0 Å². The number of carbonyl (C=O) groups is 1. The fourth-order valence-electron chi connectivity index (χ4n) is 1.23.